The van der Waals surface area contributed by atoms with Gasteiger partial charge in [0.25, 0.3) is 0 Å². The zero-order valence-electron chi connectivity index (χ0n) is 25.4. The molecule has 7 nitrogen and oxygen atoms in total. The van der Waals surface area contributed by atoms with E-state index in [1.54, 1.807) is 7.05 Å². The molecule has 0 aromatic heterocycles. The summed E-state index contributed by atoms with van der Waals surface area (Å²) in [5, 5.41) is 9.09. The zero-order chi connectivity index (χ0) is 30.9. The molecule has 0 spiro atoms. The number of nitrogens with zero attached hydrogens (tertiary/aromatic N) is 2. The lowest BCUT2D eigenvalue weighted by Gasteiger charge is -2.41. The highest BCUT2D eigenvalue weighted by molar-refractivity contribution is 6.31. The Kier molecular flexibility index (Phi) is 11.0. The van der Waals surface area contributed by atoms with E-state index in [-0.39, 0.29) is 24.5 Å². The van der Waals surface area contributed by atoms with Crippen molar-refractivity contribution < 1.29 is 14.3 Å². The highest BCUT2D eigenvalue weighted by atomic mass is 35.5. The summed E-state index contributed by atoms with van der Waals surface area (Å²) in [4.78, 5) is 31.8. The number of benzene rings is 4. The van der Waals surface area contributed by atoms with E-state index in [9.17, 15) is 9.59 Å². The van der Waals surface area contributed by atoms with Gasteiger partial charge in [-0.3, -0.25) is 14.5 Å². The van der Waals surface area contributed by atoms with E-state index >= 15 is 0 Å². The Balaban J connectivity index is 1.28. The molecular weight excluding hydrogens is 572 g/mol. The van der Waals surface area contributed by atoms with Gasteiger partial charge in [-0.25, -0.2) is 0 Å². The quantitative estimate of drug-likeness (QED) is 0.242. The van der Waals surface area contributed by atoms with Crippen molar-refractivity contribution in [3.63, 3.8) is 0 Å². The first-order valence-corrected chi connectivity index (χ1v) is 15.6. The summed E-state index contributed by atoms with van der Waals surface area (Å²) in [6, 6.07) is 31.0. The molecular formula is C36H41ClN4O3. The predicted octanol–water partition coefficient (Wildman–Crippen LogP) is 4.71. The first-order valence-electron chi connectivity index (χ1n) is 15.2. The predicted molar refractivity (Wildman–Crippen MR) is 177 cm³/mol. The molecule has 3 atom stereocenters. The minimum atomic E-state index is -0.767. The van der Waals surface area contributed by atoms with Crippen molar-refractivity contribution in [1.82, 2.24) is 20.4 Å². The SMILES string of the molecule is CN[C@@H](COCc1ccccc1)C(=O)N[C@H](Cc1ccccc1Cl)C(=O)N1CCN(C)[C@H](Cc2ccc3ccccc3c2)C1. The number of hydrogen-bond acceptors (Lipinski definition) is 5. The van der Waals surface area contributed by atoms with Gasteiger partial charge in [-0.15, -0.1) is 0 Å². The van der Waals surface area contributed by atoms with Gasteiger partial charge in [0, 0.05) is 37.1 Å². The number of rotatable bonds is 12. The molecule has 1 aliphatic heterocycles. The van der Waals surface area contributed by atoms with Crippen molar-refractivity contribution in [2.75, 3.05) is 40.3 Å². The third-order valence-electron chi connectivity index (χ3n) is 8.43. The summed E-state index contributed by atoms with van der Waals surface area (Å²) in [5.41, 5.74) is 3.09. The number of halogens is 1. The highest BCUT2D eigenvalue weighted by Gasteiger charge is 2.33. The smallest absolute Gasteiger partial charge is 0.245 e. The molecule has 0 saturated carbocycles. The Bertz CT molecular complexity index is 1550. The summed E-state index contributed by atoms with van der Waals surface area (Å²) in [6.07, 6.45) is 1.13. The van der Waals surface area contributed by atoms with Crippen LogP contribution in [0, 0.1) is 0 Å². The second-order valence-corrected chi connectivity index (χ2v) is 11.9. The van der Waals surface area contributed by atoms with Crippen LogP contribution in [0.4, 0.5) is 0 Å². The van der Waals surface area contributed by atoms with Gasteiger partial charge in [-0.2, -0.15) is 0 Å². The van der Waals surface area contributed by atoms with Crippen LogP contribution in [0.3, 0.4) is 0 Å². The highest BCUT2D eigenvalue weighted by Crippen LogP contribution is 2.21. The first-order chi connectivity index (χ1) is 21.4. The summed E-state index contributed by atoms with van der Waals surface area (Å²) >= 11 is 6.51. The molecule has 0 radical (unpaired) electrons. The Morgan fingerprint density at radius 3 is 2.39 bits per heavy atom. The number of likely N-dealkylation sites (N-methyl/N-ethyl adjacent to an activating group) is 2. The van der Waals surface area contributed by atoms with Gasteiger partial charge in [0.2, 0.25) is 11.8 Å². The maximum atomic E-state index is 14.1. The molecule has 1 fully saturated rings. The molecule has 2 amide bonds. The lowest BCUT2D eigenvalue weighted by Crippen LogP contribution is -2.60. The van der Waals surface area contributed by atoms with Gasteiger partial charge in [0.05, 0.1) is 13.2 Å². The second kappa shape index (κ2) is 15.3. The first kappa shape index (κ1) is 31.7. The van der Waals surface area contributed by atoms with E-state index in [0.717, 1.165) is 24.1 Å². The van der Waals surface area contributed by atoms with Crippen LogP contribution in [0.2, 0.25) is 5.02 Å². The molecule has 8 heteroatoms. The lowest BCUT2D eigenvalue weighted by atomic mass is 9.98. The number of ether oxygens (including phenoxy) is 1. The molecule has 44 heavy (non-hydrogen) atoms. The van der Waals surface area contributed by atoms with E-state index in [0.29, 0.717) is 31.1 Å². The normalized spacial score (nSPS) is 16.9. The van der Waals surface area contributed by atoms with E-state index in [1.807, 2.05) is 59.5 Å². The minimum Gasteiger partial charge on any atom is -0.375 e. The Morgan fingerprint density at radius 1 is 0.886 bits per heavy atom. The molecule has 0 bridgehead atoms. The van der Waals surface area contributed by atoms with Crippen molar-refractivity contribution in [3.8, 4) is 0 Å². The van der Waals surface area contributed by atoms with Gasteiger partial charge in [0.15, 0.2) is 0 Å². The number of nitrogens with one attached hydrogen (secondary N) is 2. The number of hydrogen-bond donors (Lipinski definition) is 2. The Hall–Kier alpha value is -3.75. The molecule has 0 aliphatic carbocycles. The zero-order valence-corrected chi connectivity index (χ0v) is 26.2. The summed E-state index contributed by atoms with van der Waals surface area (Å²) in [5.74, 6) is -0.386. The molecule has 1 heterocycles. The van der Waals surface area contributed by atoms with Gasteiger partial charge >= 0.3 is 0 Å². The van der Waals surface area contributed by atoms with Crippen LogP contribution < -0.4 is 10.6 Å². The van der Waals surface area contributed by atoms with Crippen molar-refractivity contribution in [3.05, 3.63) is 119 Å². The number of fused-ring (bicyclic) bond motifs is 1. The van der Waals surface area contributed by atoms with Crippen LogP contribution >= 0.6 is 11.6 Å². The van der Waals surface area contributed by atoms with Gasteiger partial charge in [0.1, 0.15) is 12.1 Å². The van der Waals surface area contributed by atoms with Crippen molar-refractivity contribution in [2.24, 2.45) is 0 Å². The number of amides is 2. The van der Waals surface area contributed by atoms with Crippen molar-refractivity contribution in [2.45, 2.75) is 37.6 Å². The maximum Gasteiger partial charge on any atom is 0.245 e. The van der Waals surface area contributed by atoms with Gasteiger partial charge in [-0.1, -0.05) is 103 Å². The molecule has 2 N–H and O–H groups in total. The fourth-order valence-electron chi connectivity index (χ4n) is 5.74. The molecule has 1 aliphatic rings. The molecule has 1 saturated heterocycles. The summed E-state index contributed by atoms with van der Waals surface area (Å²) in [7, 11) is 3.84. The molecule has 0 unspecified atom stereocenters. The average Bonchev–Trinajstić information content (AvgIpc) is 3.05. The van der Waals surface area contributed by atoms with E-state index in [2.05, 4.69) is 65.0 Å². The van der Waals surface area contributed by atoms with Crippen molar-refractivity contribution >= 4 is 34.2 Å². The lowest BCUT2D eigenvalue weighted by molar-refractivity contribution is -0.139. The Morgan fingerprint density at radius 2 is 1.61 bits per heavy atom. The van der Waals surface area contributed by atoms with Crippen LogP contribution in [0.15, 0.2) is 97.1 Å². The molecule has 5 rings (SSSR count). The largest absolute Gasteiger partial charge is 0.375 e. The average molecular weight is 613 g/mol. The number of carbonyl (C=O) groups is 2. The van der Waals surface area contributed by atoms with Crippen LogP contribution in [0.5, 0.6) is 0 Å². The fourth-order valence-corrected chi connectivity index (χ4v) is 5.95. The number of carbonyl (C=O) groups excluding carboxylic acids is 2. The van der Waals surface area contributed by atoms with Gasteiger partial charge in [-0.05, 0) is 54.0 Å². The fraction of sp³-hybridized carbons (Fsp3) is 0.333. The van der Waals surface area contributed by atoms with Crippen LogP contribution in [-0.2, 0) is 33.8 Å². The third-order valence-corrected chi connectivity index (χ3v) is 8.80. The second-order valence-electron chi connectivity index (χ2n) is 11.5. The topological polar surface area (TPSA) is 73.9 Å². The minimum absolute atomic E-state index is 0.102. The van der Waals surface area contributed by atoms with Crippen LogP contribution in [-0.4, -0.2) is 80.1 Å². The molecule has 4 aromatic carbocycles. The third kappa shape index (κ3) is 8.24. The van der Waals surface area contributed by atoms with Crippen molar-refractivity contribution in [1.29, 1.82) is 0 Å². The molecule has 230 valence electrons. The molecule has 4 aromatic rings. The number of piperazine rings is 1. The summed E-state index contributed by atoms with van der Waals surface area (Å²) < 4.78 is 5.85. The van der Waals surface area contributed by atoms with E-state index in [4.69, 9.17) is 16.3 Å². The summed E-state index contributed by atoms with van der Waals surface area (Å²) in [6.45, 7) is 2.49. The van der Waals surface area contributed by atoms with E-state index < -0.39 is 12.1 Å². The van der Waals surface area contributed by atoms with Crippen LogP contribution in [0.25, 0.3) is 10.8 Å². The monoisotopic (exact) mass is 612 g/mol. The van der Waals surface area contributed by atoms with Crippen LogP contribution in [0.1, 0.15) is 16.7 Å². The van der Waals surface area contributed by atoms with Gasteiger partial charge < -0.3 is 20.3 Å². The maximum absolute atomic E-state index is 14.1. The Labute approximate surface area is 265 Å². The standard InChI is InChI=1S/C36H41ClN4O3/c1-38-34(25-44-24-26-10-4-3-5-11-26)35(42)39-33(22-30-14-8-9-15-32(30)37)36(43)41-19-18-40(2)31(23-41)21-27-16-17-28-12-6-7-13-29(28)20-27/h3-17,20,31,33-34,38H,18-19,21-25H2,1-2H3,(H,39,42)/t31-,33-,34+/m1/s1. The van der Waals surface area contributed by atoms with E-state index in [1.165, 1.54) is 16.3 Å².